The van der Waals surface area contributed by atoms with Crippen LogP contribution in [0.3, 0.4) is 0 Å². The largest absolute Gasteiger partial charge is 0.479 e. The van der Waals surface area contributed by atoms with Crippen LogP contribution >= 0.6 is 0 Å². The van der Waals surface area contributed by atoms with Crippen molar-refractivity contribution in [2.75, 3.05) is 19.0 Å². The van der Waals surface area contributed by atoms with Crippen molar-refractivity contribution in [3.8, 4) is 11.8 Å². The molecule has 142 valence electrons. The molecule has 2 aromatic rings. The van der Waals surface area contributed by atoms with Gasteiger partial charge in [-0.2, -0.15) is 5.26 Å². The SMILES string of the molecule is COC(=O)c1ccc2c(c1C)N[C@H](c1ccc(OCC#N)cc1)[C@H]1CC=C[C@H]21. The third-order valence-electron chi connectivity index (χ3n) is 5.75. The standard InChI is InChI=1S/C23H22N2O3/c1-14-17(23(26)27-2)10-11-20-18-4-3-5-19(18)22(25-21(14)20)15-6-8-16(9-7-15)28-13-12-24/h3-4,6-11,18-19,22,25H,5,13H2,1-2H3/t18-,19-,22+/m0/s1. The number of carbonyl (C=O) groups is 1. The number of carbonyl (C=O) groups excluding carboxylic acids is 1. The number of nitriles is 1. The number of hydrogen-bond acceptors (Lipinski definition) is 5. The average molecular weight is 374 g/mol. The van der Waals surface area contributed by atoms with Gasteiger partial charge in [0, 0.05) is 11.6 Å². The molecule has 1 N–H and O–H groups in total. The molecule has 0 unspecified atom stereocenters. The maximum absolute atomic E-state index is 12.1. The zero-order chi connectivity index (χ0) is 19.7. The Morgan fingerprint density at radius 3 is 2.75 bits per heavy atom. The summed E-state index contributed by atoms with van der Waals surface area (Å²) in [5.74, 6) is 1.11. The molecular formula is C23H22N2O3. The van der Waals surface area contributed by atoms with E-state index >= 15 is 0 Å². The average Bonchev–Trinajstić information content (AvgIpc) is 3.22. The van der Waals surface area contributed by atoms with Gasteiger partial charge in [0.15, 0.2) is 6.61 Å². The van der Waals surface area contributed by atoms with Crippen LogP contribution in [0.15, 0.2) is 48.6 Å². The van der Waals surface area contributed by atoms with Crippen LogP contribution in [0.2, 0.25) is 0 Å². The summed E-state index contributed by atoms with van der Waals surface area (Å²) in [4.78, 5) is 12.1. The zero-order valence-corrected chi connectivity index (χ0v) is 15.9. The molecule has 1 aliphatic heterocycles. The van der Waals surface area contributed by atoms with E-state index in [-0.39, 0.29) is 18.6 Å². The molecule has 4 rings (SSSR count). The normalized spacial score (nSPS) is 21.8. The Morgan fingerprint density at radius 2 is 2.04 bits per heavy atom. The predicted molar refractivity (Wildman–Crippen MR) is 106 cm³/mol. The molecule has 2 aromatic carbocycles. The van der Waals surface area contributed by atoms with E-state index in [0.29, 0.717) is 23.1 Å². The minimum absolute atomic E-state index is 0.0402. The zero-order valence-electron chi connectivity index (χ0n) is 15.9. The molecule has 5 nitrogen and oxygen atoms in total. The van der Waals surface area contributed by atoms with Gasteiger partial charge in [0.2, 0.25) is 0 Å². The van der Waals surface area contributed by atoms with Gasteiger partial charge in [-0.05, 0) is 54.2 Å². The first-order chi connectivity index (χ1) is 13.6. The van der Waals surface area contributed by atoms with Gasteiger partial charge in [0.1, 0.15) is 11.8 Å². The molecule has 0 radical (unpaired) electrons. The van der Waals surface area contributed by atoms with Gasteiger partial charge in [-0.1, -0.05) is 30.4 Å². The first kappa shape index (κ1) is 18.1. The fourth-order valence-corrected chi connectivity index (χ4v) is 4.36. The van der Waals surface area contributed by atoms with Crippen molar-refractivity contribution < 1.29 is 14.3 Å². The summed E-state index contributed by atoms with van der Waals surface area (Å²) in [6.45, 7) is 2.01. The lowest BCUT2D eigenvalue weighted by molar-refractivity contribution is 0.0600. The maximum atomic E-state index is 12.1. The quantitative estimate of drug-likeness (QED) is 0.630. The lowest BCUT2D eigenvalue weighted by atomic mass is 9.76. The van der Waals surface area contributed by atoms with Crippen molar-refractivity contribution in [2.45, 2.75) is 25.3 Å². The van der Waals surface area contributed by atoms with Crippen LogP contribution in [-0.4, -0.2) is 19.7 Å². The van der Waals surface area contributed by atoms with E-state index in [1.54, 1.807) is 0 Å². The van der Waals surface area contributed by atoms with Gasteiger partial charge in [0.05, 0.1) is 18.7 Å². The molecule has 0 aromatic heterocycles. The fourth-order valence-electron chi connectivity index (χ4n) is 4.36. The van der Waals surface area contributed by atoms with Gasteiger partial charge in [0.25, 0.3) is 0 Å². The predicted octanol–water partition coefficient (Wildman–Crippen LogP) is 4.51. The molecule has 0 saturated heterocycles. The number of allylic oxidation sites excluding steroid dienone is 2. The van der Waals surface area contributed by atoms with Gasteiger partial charge in [-0.3, -0.25) is 0 Å². The van der Waals surface area contributed by atoms with Crippen molar-refractivity contribution >= 4 is 11.7 Å². The number of ether oxygens (including phenoxy) is 2. The fraction of sp³-hybridized carbons (Fsp3) is 0.304. The number of rotatable bonds is 4. The topological polar surface area (TPSA) is 71.3 Å². The van der Waals surface area contributed by atoms with E-state index in [1.165, 1.54) is 12.7 Å². The second kappa shape index (κ2) is 7.40. The van der Waals surface area contributed by atoms with Crippen LogP contribution in [0.4, 0.5) is 5.69 Å². The molecule has 0 fully saturated rings. The molecule has 3 atom stereocenters. The molecule has 5 heteroatoms. The molecule has 1 aliphatic carbocycles. The lowest BCUT2D eigenvalue weighted by Crippen LogP contribution is -2.30. The van der Waals surface area contributed by atoms with Gasteiger partial charge >= 0.3 is 5.97 Å². The summed E-state index contributed by atoms with van der Waals surface area (Å²) in [5.41, 5.74) is 4.92. The summed E-state index contributed by atoms with van der Waals surface area (Å²) in [6.07, 6.45) is 5.53. The molecular weight excluding hydrogens is 352 g/mol. The van der Waals surface area contributed by atoms with Gasteiger partial charge in [-0.25, -0.2) is 4.79 Å². The van der Waals surface area contributed by atoms with Crippen molar-refractivity contribution in [3.63, 3.8) is 0 Å². The van der Waals surface area contributed by atoms with Crippen molar-refractivity contribution in [1.29, 1.82) is 5.26 Å². The highest BCUT2D eigenvalue weighted by Gasteiger charge is 2.39. The van der Waals surface area contributed by atoms with E-state index < -0.39 is 0 Å². The lowest BCUT2D eigenvalue weighted by Gasteiger charge is -2.38. The molecule has 0 saturated carbocycles. The van der Waals surface area contributed by atoms with Crippen molar-refractivity contribution in [1.82, 2.24) is 0 Å². The molecule has 0 spiro atoms. The Bertz CT molecular complexity index is 973. The van der Waals surface area contributed by atoms with E-state index in [1.807, 2.05) is 49.4 Å². The second-order valence-corrected chi connectivity index (χ2v) is 7.19. The Labute approximate surface area is 164 Å². The number of benzene rings is 2. The third-order valence-corrected chi connectivity index (χ3v) is 5.75. The van der Waals surface area contributed by atoms with Crippen molar-refractivity contribution in [2.24, 2.45) is 5.92 Å². The van der Waals surface area contributed by atoms with Crippen LogP contribution in [-0.2, 0) is 4.74 Å². The molecule has 0 bridgehead atoms. The first-order valence-electron chi connectivity index (χ1n) is 9.38. The van der Waals surface area contributed by atoms with E-state index in [0.717, 1.165) is 23.2 Å². The summed E-state index contributed by atoms with van der Waals surface area (Å²) in [6, 6.07) is 13.9. The summed E-state index contributed by atoms with van der Waals surface area (Å²) < 4.78 is 10.3. The number of nitrogens with zero attached hydrogens (tertiary/aromatic N) is 1. The highest BCUT2D eigenvalue weighted by molar-refractivity contribution is 5.93. The number of hydrogen-bond donors (Lipinski definition) is 1. The Hall–Kier alpha value is -3.26. The number of anilines is 1. The monoisotopic (exact) mass is 374 g/mol. The highest BCUT2D eigenvalue weighted by atomic mass is 16.5. The van der Waals surface area contributed by atoms with Crippen molar-refractivity contribution in [3.05, 3.63) is 70.8 Å². The highest BCUT2D eigenvalue weighted by Crippen LogP contribution is 2.51. The van der Waals surface area contributed by atoms with Crippen LogP contribution in [0.25, 0.3) is 0 Å². The number of nitrogens with one attached hydrogen (secondary N) is 1. The molecule has 1 heterocycles. The summed E-state index contributed by atoms with van der Waals surface area (Å²) in [5, 5.41) is 12.4. The summed E-state index contributed by atoms with van der Waals surface area (Å²) in [7, 11) is 1.41. The Morgan fingerprint density at radius 1 is 1.25 bits per heavy atom. The number of fused-ring (bicyclic) bond motifs is 3. The minimum atomic E-state index is -0.318. The van der Waals surface area contributed by atoms with E-state index in [2.05, 4.69) is 17.5 Å². The first-order valence-corrected chi connectivity index (χ1v) is 9.38. The molecule has 28 heavy (non-hydrogen) atoms. The number of esters is 1. The van der Waals surface area contributed by atoms with Crippen LogP contribution in [0.1, 0.15) is 45.4 Å². The van der Waals surface area contributed by atoms with Crippen LogP contribution < -0.4 is 10.1 Å². The van der Waals surface area contributed by atoms with Gasteiger partial charge in [-0.15, -0.1) is 0 Å². The summed E-state index contributed by atoms with van der Waals surface area (Å²) >= 11 is 0. The maximum Gasteiger partial charge on any atom is 0.338 e. The third kappa shape index (κ3) is 3.01. The van der Waals surface area contributed by atoms with Crippen LogP contribution in [0.5, 0.6) is 5.75 Å². The van der Waals surface area contributed by atoms with Gasteiger partial charge < -0.3 is 14.8 Å². The molecule has 0 amide bonds. The number of methoxy groups -OCH3 is 1. The minimum Gasteiger partial charge on any atom is -0.479 e. The second-order valence-electron chi connectivity index (χ2n) is 7.19. The van der Waals surface area contributed by atoms with E-state index in [9.17, 15) is 4.79 Å². The Kier molecular flexibility index (Phi) is 4.79. The Balaban J connectivity index is 1.71. The smallest absolute Gasteiger partial charge is 0.338 e. The molecule has 2 aliphatic rings. The van der Waals surface area contributed by atoms with Crippen LogP contribution in [0, 0.1) is 24.2 Å². The van der Waals surface area contributed by atoms with E-state index in [4.69, 9.17) is 14.7 Å².